The summed E-state index contributed by atoms with van der Waals surface area (Å²) in [6, 6.07) is 9.94. The van der Waals surface area contributed by atoms with Crippen molar-refractivity contribution < 1.29 is 23.5 Å². The van der Waals surface area contributed by atoms with E-state index in [0.29, 0.717) is 29.8 Å². The number of carbonyl (C=O) groups is 2. The van der Waals surface area contributed by atoms with E-state index in [1.54, 1.807) is 31.2 Å². The Hall–Kier alpha value is -2.96. The number of amides is 2. The van der Waals surface area contributed by atoms with Gasteiger partial charge < -0.3 is 15.3 Å². The summed E-state index contributed by atoms with van der Waals surface area (Å²) in [5.74, 6) is -2.79. The lowest BCUT2D eigenvalue weighted by Crippen LogP contribution is -2.37. The molecule has 1 saturated heterocycles. The van der Waals surface area contributed by atoms with Gasteiger partial charge in [-0.25, -0.2) is 13.6 Å². The standard InChI is InChI=1S/C19H18F2N2O3/c1-19(17(24)25)7-8-23(11-19)18(26)22-14-4-2-3-12(9-14)13-5-6-15(20)16(21)10-13/h2-6,9-10H,7-8,11H2,1H3,(H,22,26)(H,24,25). The smallest absolute Gasteiger partial charge is 0.321 e. The van der Waals surface area contributed by atoms with Gasteiger partial charge in [-0.15, -0.1) is 0 Å². The van der Waals surface area contributed by atoms with E-state index >= 15 is 0 Å². The maximum Gasteiger partial charge on any atom is 0.321 e. The Labute approximate surface area is 149 Å². The van der Waals surface area contributed by atoms with Crippen molar-refractivity contribution in [3.8, 4) is 11.1 Å². The van der Waals surface area contributed by atoms with Crippen molar-refractivity contribution >= 4 is 17.7 Å². The van der Waals surface area contributed by atoms with E-state index in [0.717, 1.165) is 12.1 Å². The Bertz CT molecular complexity index is 872. The minimum atomic E-state index is -0.943. The zero-order valence-corrected chi connectivity index (χ0v) is 14.1. The first-order chi connectivity index (χ1) is 12.3. The van der Waals surface area contributed by atoms with Crippen molar-refractivity contribution in [1.29, 1.82) is 0 Å². The molecule has 2 amide bonds. The molecule has 1 unspecified atom stereocenters. The maximum absolute atomic E-state index is 13.4. The lowest BCUT2D eigenvalue weighted by molar-refractivity contribution is -0.146. The quantitative estimate of drug-likeness (QED) is 0.870. The second kappa shape index (κ2) is 6.74. The molecule has 136 valence electrons. The predicted octanol–water partition coefficient (Wildman–Crippen LogP) is 3.96. The molecule has 0 saturated carbocycles. The van der Waals surface area contributed by atoms with Crippen LogP contribution in [0.1, 0.15) is 13.3 Å². The molecule has 1 aliphatic heterocycles. The van der Waals surface area contributed by atoms with Crippen LogP contribution in [0, 0.1) is 17.0 Å². The van der Waals surface area contributed by atoms with Gasteiger partial charge in [0.25, 0.3) is 0 Å². The number of nitrogens with one attached hydrogen (secondary N) is 1. The van der Waals surface area contributed by atoms with Crippen LogP contribution in [0.25, 0.3) is 11.1 Å². The minimum Gasteiger partial charge on any atom is -0.481 e. The van der Waals surface area contributed by atoms with Crippen molar-refractivity contribution in [2.24, 2.45) is 5.41 Å². The summed E-state index contributed by atoms with van der Waals surface area (Å²) in [5, 5.41) is 12.0. The molecule has 0 spiro atoms. The molecule has 26 heavy (non-hydrogen) atoms. The van der Waals surface area contributed by atoms with Crippen molar-refractivity contribution in [1.82, 2.24) is 4.90 Å². The van der Waals surface area contributed by atoms with Crippen LogP contribution >= 0.6 is 0 Å². The Kier molecular flexibility index (Phi) is 4.63. The Morgan fingerprint density at radius 1 is 1.12 bits per heavy atom. The lowest BCUT2D eigenvalue weighted by Gasteiger charge is -2.20. The van der Waals surface area contributed by atoms with E-state index in [1.165, 1.54) is 11.0 Å². The number of carboxylic acid groups (broad SMARTS) is 1. The summed E-state index contributed by atoms with van der Waals surface area (Å²) in [7, 11) is 0. The van der Waals surface area contributed by atoms with Crippen LogP contribution in [0.15, 0.2) is 42.5 Å². The van der Waals surface area contributed by atoms with E-state index < -0.39 is 29.0 Å². The SMILES string of the molecule is CC1(C(=O)O)CCN(C(=O)Nc2cccc(-c3ccc(F)c(F)c3)c2)C1. The molecule has 5 nitrogen and oxygen atoms in total. The molecular formula is C19H18F2N2O3. The average molecular weight is 360 g/mol. The first-order valence-corrected chi connectivity index (χ1v) is 8.13. The summed E-state index contributed by atoms with van der Waals surface area (Å²) in [6.45, 7) is 2.11. The van der Waals surface area contributed by atoms with E-state index in [-0.39, 0.29) is 6.54 Å². The number of anilines is 1. The summed E-state index contributed by atoms with van der Waals surface area (Å²) in [5.41, 5.74) is 0.657. The number of urea groups is 1. The molecule has 0 aliphatic carbocycles. The normalized spacial score (nSPS) is 19.4. The fourth-order valence-corrected chi connectivity index (χ4v) is 2.96. The van der Waals surface area contributed by atoms with Gasteiger partial charge in [0, 0.05) is 18.8 Å². The summed E-state index contributed by atoms with van der Waals surface area (Å²) in [4.78, 5) is 25.1. The molecule has 1 aliphatic rings. The molecule has 1 fully saturated rings. The number of carbonyl (C=O) groups excluding carboxylic acids is 1. The van der Waals surface area contributed by atoms with Crippen LogP contribution in [0.3, 0.4) is 0 Å². The van der Waals surface area contributed by atoms with Gasteiger partial charge >= 0.3 is 12.0 Å². The second-order valence-electron chi connectivity index (χ2n) is 6.68. The highest BCUT2D eigenvalue weighted by molar-refractivity contribution is 5.91. The van der Waals surface area contributed by atoms with E-state index in [4.69, 9.17) is 0 Å². The molecular weight excluding hydrogens is 342 g/mol. The monoisotopic (exact) mass is 360 g/mol. The van der Waals surface area contributed by atoms with Gasteiger partial charge in [0.05, 0.1) is 5.41 Å². The van der Waals surface area contributed by atoms with Crippen molar-refractivity contribution in [2.45, 2.75) is 13.3 Å². The van der Waals surface area contributed by atoms with Gasteiger partial charge in [-0.3, -0.25) is 4.79 Å². The third kappa shape index (κ3) is 3.51. The number of halogens is 2. The second-order valence-corrected chi connectivity index (χ2v) is 6.68. The minimum absolute atomic E-state index is 0.136. The van der Waals surface area contributed by atoms with Crippen molar-refractivity contribution in [2.75, 3.05) is 18.4 Å². The van der Waals surface area contributed by atoms with Crippen LogP contribution in [0.2, 0.25) is 0 Å². The van der Waals surface area contributed by atoms with Gasteiger partial charge in [-0.2, -0.15) is 0 Å². The molecule has 0 aromatic heterocycles. The fourth-order valence-electron chi connectivity index (χ4n) is 2.96. The number of rotatable bonds is 3. The summed E-state index contributed by atoms with van der Waals surface area (Å²) >= 11 is 0. The topological polar surface area (TPSA) is 69.6 Å². The van der Waals surface area contributed by atoms with E-state index in [1.807, 2.05) is 0 Å². The highest BCUT2D eigenvalue weighted by Gasteiger charge is 2.42. The number of nitrogens with zero attached hydrogens (tertiary/aromatic N) is 1. The fraction of sp³-hybridized carbons (Fsp3) is 0.263. The highest BCUT2D eigenvalue weighted by atomic mass is 19.2. The number of hydrogen-bond donors (Lipinski definition) is 2. The number of aliphatic carboxylic acids is 1. The van der Waals surface area contributed by atoms with Gasteiger partial charge in [0.2, 0.25) is 0 Å². The number of benzene rings is 2. The molecule has 2 aromatic rings. The van der Waals surface area contributed by atoms with Gasteiger partial charge in [-0.1, -0.05) is 18.2 Å². The van der Waals surface area contributed by atoms with Crippen molar-refractivity contribution in [3.63, 3.8) is 0 Å². The number of likely N-dealkylation sites (tertiary alicyclic amines) is 1. The largest absolute Gasteiger partial charge is 0.481 e. The lowest BCUT2D eigenvalue weighted by atomic mass is 9.90. The highest BCUT2D eigenvalue weighted by Crippen LogP contribution is 2.31. The molecule has 1 atom stereocenters. The van der Waals surface area contributed by atoms with Crippen LogP contribution in [0.5, 0.6) is 0 Å². The van der Waals surface area contributed by atoms with E-state index in [2.05, 4.69) is 5.32 Å². The van der Waals surface area contributed by atoms with Crippen molar-refractivity contribution in [3.05, 3.63) is 54.1 Å². The maximum atomic E-state index is 13.4. The summed E-state index contributed by atoms with van der Waals surface area (Å²) < 4.78 is 26.5. The van der Waals surface area contributed by atoms with Crippen LogP contribution < -0.4 is 5.32 Å². The van der Waals surface area contributed by atoms with Gasteiger partial charge in [-0.05, 0) is 48.7 Å². The third-order valence-corrected chi connectivity index (χ3v) is 4.64. The first-order valence-electron chi connectivity index (χ1n) is 8.13. The molecule has 2 aromatic carbocycles. The molecule has 3 rings (SSSR count). The van der Waals surface area contributed by atoms with Crippen LogP contribution in [-0.2, 0) is 4.79 Å². The van der Waals surface area contributed by atoms with Crippen LogP contribution in [0.4, 0.5) is 19.3 Å². The molecule has 1 heterocycles. The van der Waals surface area contributed by atoms with Gasteiger partial charge in [0.1, 0.15) is 0 Å². The van der Waals surface area contributed by atoms with Gasteiger partial charge in [0.15, 0.2) is 11.6 Å². The third-order valence-electron chi connectivity index (χ3n) is 4.64. The Balaban J connectivity index is 1.74. The van der Waals surface area contributed by atoms with E-state index in [9.17, 15) is 23.5 Å². The number of carboxylic acids is 1. The zero-order chi connectivity index (χ0) is 18.9. The zero-order valence-electron chi connectivity index (χ0n) is 14.1. The molecule has 2 N–H and O–H groups in total. The molecule has 0 radical (unpaired) electrons. The van der Waals surface area contributed by atoms with Crippen LogP contribution in [-0.4, -0.2) is 35.1 Å². The Morgan fingerprint density at radius 3 is 2.50 bits per heavy atom. The first kappa shape index (κ1) is 17.8. The summed E-state index contributed by atoms with van der Waals surface area (Å²) in [6.07, 6.45) is 0.394. The molecule has 0 bridgehead atoms. The average Bonchev–Trinajstić information content (AvgIpc) is 3.02. The molecule has 7 heteroatoms. The number of hydrogen-bond acceptors (Lipinski definition) is 2. The predicted molar refractivity (Wildman–Crippen MR) is 92.7 cm³/mol. The Morgan fingerprint density at radius 2 is 1.85 bits per heavy atom.